The number of aromatic nitrogens is 2. The maximum Gasteiger partial charge on any atom is 0.150 e. The lowest BCUT2D eigenvalue weighted by molar-refractivity contribution is 0.112. The van der Waals surface area contributed by atoms with Gasteiger partial charge in [0.25, 0.3) is 0 Å². The molecule has 5 nitrogen and oxygen atoms in total. The van der Waals surface area contributed by atoms with Gasteiger partial charge in [0.15, 0.2) is 0 Å². The summed E-state index contributed by atoms with van der Waals surface area (Å²) in [6.45, 7) is 4.01. The zero-order valence-electron chi connectivity index (χ0n) is 10.1. The molecule has 1 N–H and O–H groups in total. The molecule has 0 atom stereocenters. The van der Waals surface area contributed by atoms with Crippen LogP contribution in [0.1, 0.15) is 16.2 Å². The van der Waals surface area contributed by atoms with Crippen molar-refractivity contribution in [2.75, 3.05) is 7.05 Å². The molecule has 0 fully saturated rings. The monoisotopic (exact) mass is 242 g/mol. The van der Waals surface area contributed by atoms with Crippen LogP contribution in [0, 0.1) is 0 Å². The fraction of sp³-hybridized carbons (Fsp3) is 0.154. The molecule has 2 rings (SSSR count). The van der Waals surface area contributed by atoms with E-state index in [0.29, 0.717) is 12.1 Å². The first kappa shape index (κ1) is 12.0. The third-order valence-electron chi connectivity index (χ3n) is 2.52. The molecule has 2 aromatic rings. The lowest BCUT2D eigenvalue weighted by Crippen LogP contribution is -2.10. The Morgan fingerprint density at radius 1 is 1.56 bits per heavy atom. The number of hydrogen-bond donors (Lipinski definition) is 1. The summed E-state index contributed by atoms with van der Waals surface area (Å²) in [5, 5.41) is 0. The Morgan fingerprint density at radius 2 is 2.39 bits per heavy atom. The molecule has 18 heavy (non-hydrogen) atoms. The van der Waals surface area contributed by atoms with Gasteiger partial charge in [-0.2, -0.15) is 0 Å². The summed E-state index contributed by atoms with van der Waals surface area (Å²) in [5.74, 6) is 0.837. The van der Waals surface area contributed by atoms with Crippen molar-refractivity contribution in [3.63, 3.8) is 0 Å². The third kappa shape index (κ3) is 2.63. The van der Waals surface area contributed by atoms with Crippen molar-refractivity contribution in [2.24, 2.45) is 4.99 Å². The van der Waals surface area contributed by atoms with Crippen LogP contribution < -0.4 is 0 Å². The number of imidazole rings is 1. The third-order valence-corrected chi connectivity index (χ3v) is 2.52. The smallest absolute Gasteiger partial charge is 0.150 e. The average Bonchev–Trinajstić information content (AvgIpc) is 2.77. The summed E-state index contributed by atoms with van der Waals surface area (Å²) in [6.07, 6.45) is 4.26. The van der Waals surface area contributed by atoms with Crippen molar-refractivity contribution in [1.29, 1.82) is 0 Å². The summed E-state index contributed by atoms with van der Waals surface area (Å²) in [6, 6.07) is 5.38. The molecule has 0 aliphatic heterocycles. The lowest BCUT2D eigenvalue weighted by Gasteiger charge is -2.10. The minimum absolute atomic E-state index is 0.636. The number of aromatic amines is 1. The first-order valence-corrected chi connectivity index (χ1v) is 5.49. The van der Waals surface area contributed by atoms with Crippen molar-refractivity contribution in [1.82, 2.24) is 14.9 Å². The van der Waals surface area contributed by atoms with E-state index in [-0.39, 0.29) is 0 Å². The van der Waals surface area contributed by atoms with Gasteiger partial charge in [-0.1, -0.05) is 0 Å². The second-order valence-electron chi connectivity index (χ2n) is 3.97. The van der Waals surface area contributed by atoms with Crippen LogP contribution in [0.25, 0.3) is 11.0 Å². The Kier molecular flexibility index (Phi) is 3.52. The molecule has 1 aromatic carbocycles. The summed E-state index contributed by atoms with van der Waals surface area (Å²) < 4.78 is 0. The van der Waals surface area contributed by atoms with E-state index in [4.69, 9.17) is 0 Å². The highest BCUT2D eigenvalue weighted by Gasteiger charge is 2.04. The highest BCUT2D eigenvalue weighted by atomic mass is 16.1. The van der Waals surface area contributed by atoms with Gasteiger partial charge in [0.1, 0.15) is 12.1 Å². The van der Waals surface area contributed by atoms with Crippen LogP contribution in [0.15, 0.2) is 35.6 Å². The Morgan fingerprint density at radius 3 is 3.11 bits per heavy atom. The van der Waals surface area contributed by atoms with Crippen molar-refractivity contribution < 1.29 is 4.79 Å². The van der Waals surface area contributed by atoms with Gasteiger partial charge >= 0.3 is 0 Å². The molecule has 92 valence electrons. The van der Waals surface area contributed by atoms with Gasteiger partial charge in [-0.05, 0) is 24.9 Å². The van der Waals surface area contributed by atoms with Gasteiger partial charge in [-0.25, -0.2) is 4.98 Å². The largest absolute Gasteiger partial charge is 0.372 e. The number of carbonyl (C=O) groups is 1. The van der Waals surface area contributed by atoms with Crippen molar-refractivity contribution >= 4 is 24.0 Å². The first-order valence-electron chi connectivity index (χ1n) is 5.49. The molecule has 0 unspecified atom stereocenters. The quantitative estimate of drug-likeness (QED) is 0.644. The van der Waals surface area contributed by atoms with Gasteiger partial charge in [0.05, 0.1) is 17.6 Å². The zero-order chi connectivity index (χ0) is 13.0. The molecule has 5 heteroatoms. The standard InChI is InChI=1S/C13H14N4O/c1-14-5-6-17(2)8-13-15-11-4-3-10(9-18)7-12(11)16-13/h3-7,9H,1,8H2,2H3,(H,15,16)/b6-5-. The fourth-order valence-corrected chi connectivity index (χ4v) is 1.68. The molecule has 0 aliphatic carbocycles. The molecular formula is C13H14N4O. The highest BCUT2D eigenvalue weighted by Crippen LogP contribution is 2.13. The number of carbonyl (C=O) groups excluding carboxylic acids is 1. The van der Waals surface area contributed by atoms with Crippen LogP contribution >= 0.6 is 0 Å². The summed E-state index contributed by atoms with van der Waals surface area (Å²) in [4.78, 5) is 23.9. The molecule has 0 amide bonds. The number of aldehydes is 1. The van der Waals surface area contributed by atoms with Crippen LogP contribution in [0.4, 0.5) is 0 Å². The van der Waals surface area contributed by atoms with Crippen LogP contribution in [-0.2, 0) is 6.54 Å². The minimum Gasteiger partial charge on any atom is -0.372 e. The number of nitrogens with zero attached hydrogens (tertiary/aromatic N) is 3. The SMILES string of the molecule is C=N/C=C\N(C)Cc1nc2ccc(C=O)cc2[nH]1. The number of rotatable bonds is 5. The maximum absolute atomic E-state index is 10.7. The predicted octanol–water partition coefficient (Wildman–Crippen LogP) is 1.98. The minimum atomic E-state index is 0.636. The Hall–Kier alpha value is -2.43. The molecule has 0 saturated carbocycles. The highest BCUT2D eigenvalue weighted by molar-refractivity contribution is 5.84. The van der Waals surface area contributed by atoms with Crippen LogP contribution in [0.3, 0.4) is 0 Å². The van der Waals surface area contributed by atoms with Crippen molar-refractivity contribution in [2.45, 2.75) is 6.54 Å². The number of aliphatic imine (C=N–C) groups is 1. The number of fused-ring (bicyclic) bond motifs is 1. The lowest BCUT2D eigenvalue weighted by atomic mass is 10.2. The predicted molar refractivity (Wildman–Crippen MR) is 71.6 cm³/mol. The van der Waals surface area contributed by atoms with Crippen LogP contribution in [-0.4, -0.2) is 34.9 Å². The van der Waals surface area contributed by atoms with E-state index in [0.717, 1.165) is 23.1 Å². The van der Waals surface area contributed by atoms with E-state index >= 15 is 0 Å². The molecule has 1 aromatic heterocycles. The van der Waals surface area contributed by atoms with E-state index < -0.39 is 0 Å². The molecule has 0 saturated heterocycles. The second kappa shape index (κ2) is 5.27. The molecular weight excluding hydrogens is 228 g/mol. The maximum atomic E-state index is 10.7. The Labute approximate surface area is 105 Å². The van der Waals surface area contributed by atoms with E-state index in [9.17, 15) is 4.79 Å². The molecule has 0 spiro atoms. The number of nitrogens with one attached hydrogen (secondary N) is 1. The van der Waals surface area contributed by atoms with Gasteiger partial charge in [0, 0.05) is 25.0 Å². The number of H-pyrrole nitrogens is 1. The van der Waals surface area contributed by atoms with Gasteiger partial charge in [-0.3, -0.25) is 9.79 Å². The Bertz CT molecular complexity index is 600. The first-order chi connectivity index (χ1) is 8.72. The van der Waals surface area contributed by atoms with Gasteiger partial charge < -0.3 is 9.88 Å². The summed E-state index contributed by atoms with van der Waals surface area (Å²) >= 11 is 0. The van der Waals surface area contributed by atoms with Crippen LogP contribution in [0.2, 0.25) is 0 Å². The van der Waals surface area contributed by atoms with Crippen LogP contribution in [0.5, 0.6) is 0 Å². The number of benzene rings is 1. The van der Waals surface area contributed by atoms with E-state index in [1.54, 1.807) is 18.3 Å². The number of hydrogen-bond acceptors (Lipinski definition) is 4. The molecule has 0 aliphatic rings. The molecule has 1 heterocycles. The van der Waals surface area contributed by atoms with E-state index in [1.807, 2.05) is 24.2 Å². The molecule has 0 radical (unpaired) electrons. The fourth-order valence-electron chi connectivity index (χ4n) is 1.68. The molecule has 0 bridgehead atoms. The zero-order valence-corrected chi connectivity index (χ0v) is 10.1. The normalized spacial score (nSPS) is 10.9. The van der Waals surface area contributed by atoms with Gasteiger partial charge in [-0.15, -0.1) is 0 Å². The average molecular weight is 242 g/mol. The van der Waals surface area contributed by atoms with E-state index in [1.165, 1.54) is 0 Å². The Balaban J connectivity index is 2.22. The van der Waals surface area contributed by atoms with Gasteiger partial charge in [0.2, 0.25) is 0 Å². The summed E-state index contributed by atoms with van der Waals surface area (Å²) in [7, 11) is 1.92. The van der Waals surface area contributed by atoms with E-state index in [2.05, 4.69) is 21.7 Å². The topological polar surface area (TPSA) is 61.4 Å². The second-order valence-corrected chi connectivity index (χ2v) is 3.97. The van der Waals surface area contributed by atoms with Crippen molar-refractivity contribution in [3.05, 3.63) is 42.0 Å². The summed E-state index contributed by atoms with van der Waals surface area (Å²) in [5.41, 5.74) is 2.37. The van der Waals surface area contributed by atoms with Crippen molar-refractivity contribution in [3.8, 4) is 0 Å².